The van der Waals surface area contributed by atoms with Gasteiger partial charge in [0, 0.05) is 6.04 Å². The van der Waals surface area contributed by atoms with Crippen LogP contribution in [0.3, 0.4) is 0 Å². The van der Waals surface area contributed by atoms with E-state index in [1.807, 2.05) is 0 Å². The van der Waals surface area contributed by atoms with Crippen LogP contribution in [-0.2, 0) is 4.74 Å². The number of amides is 1. The van der Waals surface area contributed by atoms with Gasteiger partial charge in [-0.25, -0.2) is 0 Å². The van der Waals surface area contributed by atoms with E-state index >= 15 is 0 Å². The number of rotatable bonds is 4. The molecule has 1 saturated heterocycles. The second-order valence-electron chi connectivity index (χ2n) is 5.26. The van der Waals surface area contributed by atoms with Crippen LogP contribution >= 0.6 is 0 Å². The standard InChI is InChI=1S/C14H14N3O3/c15-13(18)10-2-1-3-11-12(10)16-14(20-11)17(8-4-5-8)9-6-19-7-9/h1,3,8-9H,4-7H2,(H2,15,18). The molecule has 4 rings (SSSR count). The van der Waals surface area contributed by atoms with Gasteiger partial charge in [0.2, 0.25) is 0 Å². The molecule has 1 aliphatic heterocycles. The molecular formula is C14H14N3O3. The molecule has 6 nitrogen and oxygen atoms in total. The summed E-state index contributed by atoms with van der Waals surface area (Å²) in [4.78, 5) is 18.1. The maximum Gasteiger partial charge on any atom is 0.299 e. The Morgan fingerprint density at radius 3 is 2.80 bits per heavy atom. The molecule has 1 saturated carbocycles. The number of nitrogens with two attached hydrogens (primary N) is 1. The van der Waals surface area contributed by atoms with Crippen molar-refractivity contribution in [2.75, 3.05) is 18.1 Å². The highest BCUT2D eigenvalue weighted by Gasteiger charge is 2.40. The first-order valence-electron chi connectivity index (χ1n) is 6.71. The molecule has 103 valence electrons. The van der Waals surface area contributed by atoms with Gasteiger partial charge in [0.25, 0.3) is 11.9 Å². The van der Waals surface area contributed by atoms with E-state index in [1.165, 1.54) is 0 Å². The zero-order chi connectivity index (χ0) is 13.7. The summed E-state index contributed by atoms with van der Waals surface area (Å²) in [5, 5.41) is 0. The summed E-state index contributed by atoms with van der Waals surface area (Å²) >= 11 is 0. The van der Waals surface area contributed by atoms with E-state index in [9.17, 15) is 4.79 Å². The summed E-state index contributed by atoms with van der Waals surface area (Å²) in [6.45, 7) is 1.40. The van der Waals surface area contributed by atoms with E-state index in [0.717, 1.165) is 12.8 Å². The molecule has 1 aliphatic carbocycles. The number of carbonyl (C=O) groups excluding carboxylic acids is 1. The van der Waals surface area contributed by atoms with Crippen molar-refractivity contribution in [3.8, 4) is 0 Å². The smallest absolute Gasteiger partial charge is 0.299 e. The lowest BCUT2D eigenvalue weighted by Crippen LogP contribution is -2.50. The topological polar surface area (TPSA) is 81.6 Å². The predicted octanol–water partition coefficient (Wildman–Crippen LogP) is 1.09. The van der Waals surface area contributed by atoms with Gasteiger partial charge in [-0.3, -0.25) is 4.79 Å². The van der Waals surface area contributed by atoms with Gasteiger partial charge in [0.1, 0.15) is 5.52 Å². The minimum absolute atomic E-state index is 0.276. The van der Waals surface area contributed by atoms with Crippen LogP contribution in [0.1, 0.15) is 23.2 Å². The number of oxazole rings is 1. The SMILES string of the molecule is NC(=O)c1[c]ccc2oc(N(C3CC3)C3COC3)nc12. The van der Waals surface area contributed by atoms with E-state index in [1.54, 1.807) is 12.1 Å². The Balaban J connectivity index is 1.79. The van der Waals surface area contributed by atoms with E-state index < -0.39 is 5.91 Å². The van der Waals surface area contributed by atoms with Crippen molar-refractivity contribution in [3.63, 3.8) is 0 Å². The van der Waals surface area contributed by atoms with Crippen molar-refractivity contribution in [2.45, 2.75) is 24.9 Å². The molecule has 2 aromatic rings. The number of anilines is 1. The number of primary amides is 1. The van der Waals surface area contributed by atoms with Gasteiger partial charge in [-0.15, -0.1) is 0 Å². The first-order valence-corrected chi connectivity index (χ1v) is 6.71. The minimum atomic E-state index is -0.541. The van der Waals surface area contributed by atoms with Crippen molar-refractivity contribution >= 4 is 23.0 Å². The molecule has 2 aliphatic rings. The van der Waals surface area contributed by atoms with Crippen molar-refractivity contribution < 1.29 is 13.9 Å². The summed E-state index contributed by atoms with van der Waals surface area (Å²) < 4.78 is 11.1. The Kier molecular flexibility index (Phi) is 2.47. The van der Waals surface area contributed by atoms with E-state index in [2.05, 4.69) is 16.0 Å². The number of fused-ring (bicyclic) bond motifs is 1. The normalized spacial score (nSPS) is 19.0. The van der Waals surface area contributed by atoms with Crippen LogP contribution in [0, 0.1) is 6.07 Å². The average molecular weight is 272 g/mol. The van der Waals surface area contributed by atoms with Gasteiger partial charge in [0.15, 0.2) is 5.58 Å². The quantitative estimate of drug-likeness (QED) is 0.901. The average Bonchev–Trinajstić information content (AvgIpc) is 3.10. The van der Waals surface area contributed by atoms with E-state index in [4.69, 9.17) is 14.9 Å². The van der Waals surface area contributed by atoms with Gasteiger partial charge in [-0.05, 0) is 31.0 Å². The van der Waals surface area contributed by atoms with Gasteiger partial charge in [-0.1, -0.05) is 0 Å². The molecular weight excluding hydrogens is 258 g/mol. The molecule has 1 aromatic heterocycles. The number of carbonyl (C=O) groups is 1. The Bertz CT molecular complexity index is 673. The Hall–Kier alpha value is -2.08. The highest BCUT2D eigenvalue weighted by molar-refractivity contribution is 6.03. The van der Waals surface area contributed by atoms with Crippen LogP contribution in [0.15, 0.2) is 16.5 Å². The third-order valence-electron chi connectivity index (χ3n) is 3.76. The Labute approximate surface area is 115 Å². The lowest BCUT2D eigenvalue weighted by Gasteiger charge is -2.36. The van der Waals surface area contributed by atoms with Gasteiger partial charge in [-0.2, -0.15) is 4.98 Å². The molecule has 1 aromatic carbocycles. The van der Waals surface area contributed by atoms with E-state index in [-0.39, 0.29) is 5.56 Å². The zero-order valence-electron chi connectivity index (χ0n) is 10.8. The van der Waals surface area contributed by atoms with Crippen LogP contribution in [0.5, 0.6) is 0 Å². The lowest BCUT2D eigenvalue weighted by molar-refractivity contribution is 0.00576. The molecule has 2 N–H and O–H groups in total. The highest BCUT2D eigenvalue weighted by atomic mass is 16.5. The van der Waals surface area contributed by atoms with E-state index in [0.29, 0.717) is 42.4 Å². The van der Waals surface area contributed by atoms with Gasteiger partial charge < -0.3 is 19.8 Å². The fourth-order valence-corrected chi connectivity index (χ4v) is 2.53. The number of aromatic nitrogens is 1. The molecule has 0 bridgehead atoms. The summed E-state index contributed by atoms with van der Waals surface area (Å²) in [6, 6.07) is 7.55. The van der Waals surface area contributed by atoms with Crippen LogP contribution in [-0.4, -0.2) is 36.2 Å². The fraction of sp³-hybridized carbons (Fsp3) is 0.429. The Morgan fingerprint density at radius 2 is 2.20 bits per heavy atom. The predicted molar refractivity (Wildman–Crippen MR) is 71.5 cm³/mol. The number of ether oxygens (including phenoxy) is 1. The van der Waals surface area contributed by atoms with Crippen LogP contribution in [0.2, 0.25) is 0 Å². The van der Waals surface area contributed by atoms with Crippen molar-refractivity contribution in [1.82, 2.24) is 4.98 Å². The molecule has 0 atom stereocenters. The van der Waals surface area contributed by atoms with Gasteiger partial charge >= 0.3 is 0 Å². The molecule has 0 unspecified atom stereocenters. The number of hydrogen-bond donors (Lipinski definition) is 1. The van der Waals surface area contributed by atoms with Crippen molar-refractivity contribution in [1.29, 1.82) is 0 Å². The highest BCUT2D eigenvalue weighted by Crippen LogP contribution is 2.36. The van der Waals surface area contributed by atoms with Gasteiger partial charge in [0.05, 0.1) is 24.8 Å². The second kappa shape index (κ2) is 4.21. The summed E-state index contributed by atoms with van der Waals surface area (Å²) in [6.07, 6.45) is 2.29. The molecule has 6 heteroatoms. The van der Waals surface area contributed by atoms with Crippen molar-refractivity contribution in [2.24, 2.45) is 5.73 Å². The number of hydrogen-bond acceptors (Lipinski definition) is 5. The summed E-state index contributed by atoms with van der Waals surface area (Å²) in [5.74, 6) is -0.541. The maximum atomic E-state index is 11.4. The first kappa shape index (κ1) is 11.7. The number of nitrogens with zero attached hydrogens (tertiary/aromatic N) is 2. The van der Waals surface area contributed by atoms with Crippen LogP contribution in [0.25, 0.3) is 11.1 Å². The molecule has 20 heavy (non-hydrogen) atoms. The maximum absolute atomic E-state index is 11.4. The fourth-order valence-electron chi connectivity index (χ4n) is 2.53. The Morgan fingerprint density at radius 1 is 1.40 bits per heavy atom. The minimum Gasteiger partial charge on any atom is -0.423 e. The first-order chi connectivity index (χ1) is 9.74. The van der Waals surface area contributed by atoms with Crippen LogP contribution < -0.4 is 10.6 Å². The van der Waals surface area contributed by atoms with Crippen LogP contribution in [0.4, 0.5) is 6.01 Å². The second-order valence-corrected chi connectivity index (χ2v) is 5.26. The number of benzene rings is 1. The monoisotopic (exact) mass is 272 g/mol. The summed E-state index contributed by atoms with van der Waals surface area (Å²) in [5.41, 5.74) is 6.68. The molecule has 0 spiro atoms. The third kappa shape index (κ3) is 1.76. The zero-order valence-corrected chi connectivity index (χ0v) is 10.8. The molecule has 2 fully saturated rings. The molecule has 2 heterocycles. The molecule has 1 radical (unpaired) electrons. The largest absolute Gasteiger partial charge is 0.423 e. The molecule has 1 amide bonds. The lowest BCUT2D eigenvalue weighted by atomic mass is 10.2. The van der Waals surface area contributed by atoms with Crippen molar-refractivity contribution in [3.05, 3.63) is 23.8 Å². The summed E-state index contributed by atoms with van der Waals surface area (Å²) in [7, 11) is 0. The third-order valence-corrected chi connectivity index (χ3v) is 3.76.